The monoisotopic (exact) mass is 259 g/mol. The fourth-order valence-corrected chi connectivity index (χ4v) is 2.57. The van der Waals surface area contributed by atoms with Gasteiger partial charge in [-0.25, -0.2) is 4.98 Å². The summed E-state index contributed by atoms with van der Waals surface area (Å²) in [6, 6.07) is 5.36. The number of nitriles is 1. The smallest absolute Gasteiger partial charge is 0.311 e. The van der Waals surface area contributed by atoms with E-state index >= 15 is 0 Å². The van der Waals surface area contributed by atoms with E-state index in [9.17, 15) is 9.90 Å². The molecule has 5 heteroatoms. The molecule has 0 spiro atoms. The van der Waals surface area contributed by atoms with Crippen molar-refractivity contribution < 1.29 is 9.90 Å². The maximum Gasteiger partial charge on any atom is 0.311 e. The molecule has 1 heterocycles. The molecule has 0 amide bonds. The second-order valence-electron chi connectivity index (χ2n) is 5.04. The van der Waals surface area contributed by atoms with E-state index in [0.29, 0.717) is 25.1 Å². The number of hydrogen-bond acceptors (Lipinski definition) is 4. The molecule has 0 saturated heterocycles. The van der Waals surface area contributed by atoms with E-state index < -0.39 is 11.4 Å². The number of hydrogen-bond donors (Lipinski definition) is 2. The standard InChI is InChI=1S/C14H17N3O2/c15-9-12-8-11(4-7-16-12)17-10-14(13(18)19)5-2-1-3-6-14/h4,7-8H,1-3,5-6,10H2,(H,16,17)(H,18,19). The number of rotatable bonds is 4. The van der Waals surface area contributed by atoms with E-state index in [1.54, 1.807) is 18.3 Å². The van der Waals surface area contributed by atoms with Crippen LogP contribution >= 0.6 is 0 Å². The highest BCUT2D eigenvalue weighted by molar-refractivity contribution is 5.75. The van der Waals surface area contributed by atoms with Crippen LogP contribution in [0.1, 0.15) is 37.8 Å². The van der Waals surface area contributed by atoms with Crippen LogP contribution in [0.4, 0.5) is 5.69 Å². The van der Waals surface area contributed by atoms with Crippen LogP contribution in [0.2, 0.25) is 0 Å². The van der Waals surface area contributed by atoms with Gasteiger partial charge in [0.15, 0.2) is 0 Å². The van der Waals surface area contributed by atoms with Crippen molar-refractivity contribution in [3.05, 3.63) is 24.0 Å². The zero-order chi connectivity index (χ0) is 13.7. The molecule has 1 fully saturated rings. The highest BCUT2D eigenvalue weighted by Gasteiger charge is 2.39. The molecule has 0 radical (unpaired) electrons. The van der Waals surface area contributed by atoms with E-state index in [1.807, 2.05) is 6.07 Å². The number of nitrogens with zero attached hydrogens (tertiary/aromatic N) is 2. The molecule has 0 aliphatic heterocycles. The fourth-order valence-electron chi connectivity index (χ4n) is 2.57. The SMILES string of the molecule is N#Cc1cc(NCC2(C(=O)O)CCCCC2)ccn1. The third kappa shape index (κ3) is 3.02. The minimum absolute atomic E-state index is 0.331. The molecule has 0 aromatic carbocycles. The summed E-state index contributed by atoms with van der Waals surface area (Å²) in [7, 11) is 0. The van der Waals surface area contributed by atoms with Crippen LogP contribution in [0.15, 0.2) is 18.3 Å². The maximum absolute atomic E-state index is 11.5. The van der Waals surface area contributed by atoms with Crippen molar-refractivity contribution in [2.45, 2.75) is 32.1 Å². The molecule has 1 aromatic rings. The lowest BCUT2D eigenvalue weighted by atomic mass is 9.74. The van der Waals surface area contributed by atoms with E-state index in [-0.39, 0.29) is 0 Å². The van der Waals surface area contributed by atoms with E-state index in [0.717, 1.165) is 24.9 Å². The van der Waals surface area contributed by atoms with Crippen LogP contribution in [-0.4, -0.2) is 22.6 Å². The highest BCUT2D eigenvalue weighted by Crippen LogP contribution is 2.36. The first-order valence-electron chi connectivity index (χ1n) is 6.50. The molecule has 1 aliphatic carbocycles. The summed E-state index contributed by atoms with van der Waals surface area (Å²) in [6.07, 6.45) is 6.02. The van der Waals surface area contributed by atoms with Crippen molar-refractivity contribution in [1.82, 2.24) is 4.98 Å². The topological polar surface area (TPSA) is 86.0 Å². The number of anilines is 1. The molecular formula is C14H17N3O2. The summed E-state index contributed by atoms with van der Waals surface area (Å²) in [5.41, 5.74) is 0.407. The lowest BCUT2D eigenvalue weighted by molar-refractivity contribution is -0.150. The Hall–Kier alpha value is -2.09. The van der Waals surface area contributed by atoms with Crippen LogP contribution in [0.5, 0.6) is 0 Å². The highest BCUT2D eigenvalue weighted by atomic mass is 16.4. The van der Waals surface area contributed by atoms with Gasteiger partial charge in [0.05, 0.1) is 5.41 Å². The normalized spacial score (nSPS) is 17.4. The quantitative estimate of drug-likeness (QED) is 0.867. The van der Waals surface area contributed by atoms with Crippen molar-refractivity contribution in [3.63, 3.8) is 0 Å². The van der Waals surface area contributed by atoms with Crippen molar-refractivity contribution >= 4 is 11.7 Å². The summed E-state index contributed by atoms with van der Waals surface area (Å²) in [5.74, 6) is -0.728. The van der Waals surface area contributed by atoms with Gasteiger partial charge in [0.1, 0.15) is 11.8 Å². The van der Waals surface area contributed by atoms with Crippen LogP contribution in [0, 0.1) is 16.7 Å². The Kier molecular flexibility index (Phi) is 4.00. The van der Waals surface area contributed by atoms with Crippen molar-refractivity contribution in [3.8, 4) is 6.07 Å². The Balaban J connectivity index is 2.06. The van der Waals surface area contributed by atoms with Gasteiger partial charge >= 0.3 is 5.97 Å². The summed E-state index contributed by atoms with van der Waals surface area (Å²) in [5, 5.41) is 21.4. The summed E-state index contributed by atoms with van der Waals surface area (Å²) >= 11 is 0. The van der Waals surface area contributed by atoms with Crippen LogP contribution < -0.4 is 5.32 Å². The molecule has 1 saturated carbocycles. The molecule has 100 valence electrons. The second kappa shape index (κ2) is 5.70. The fraction of sp³-hybridized carbons (Fsp3) is 0.500. The predicted octanol–water partition coefficient (Wildman–Crippen LogP) is 2.40. The first-order chi connectivity index (χ1) is 9.16. The Bertz CT molecular complexity index is 502. The van der Waals surface area contributed by atoms with Crippen molar-refractivity contribution in [1.29, 1.82) is 5.26 Å². The average molecular weight is 259 g/mol. The molecule has 0 unspecified atom stereocenters. The minimum Gasteiger partial charge on any atom is -0.481 e. The predicted molar refractivity (Wildman–Crippen MR) is 70.6 cm³/mol. The number of pyridine rings is 1. The summed E-state index contributed by atoms with van der Waals surface area (Å²) < 4.78 is 0. The molecule has 1 aliphatic rings. The third-order valence-corrected chi connectivity index (χ3v) is 3.77. The molecule has 0 atom stereocenters. The Labute approximate surface area is 112 Å². The Morgan fingerprint density at radius 3 is 2.84 bits per heavy atom. The number of carboxylic acid groups (broad SMARTS) is 1. The van der Waals surface area contributed by atoms with Gasteiger partial charge in [0, 0.05) is 18.4 Å². The Morgan fingerprint density at radius 1 is 1.47 bits per heavy atom. The largest absolute Gasteiger partial charge is 0.481 e. The number of carbonyl (C=O) groups is 1. The average Bonchev–Trinajstić information content (AvgIpc) is 2.46. The number of carboxylic acids is 1. The summed E-state index contributed by atoms with van der Waals surface area (Å²) in [4.78, 5) is 15.4. The third-order valence-electron chi connectivity index (χ3n) is 3.77. The van der Waals surface area contributed by atoms with Gasteiger partial charge in [-0.05, 0) is 25.0 Å². The van der Waals surface area contributed by atoms with Gasteiger partial charge in [0.25, 0.3) is 0 Å². The van der Waals surface area contributed by atoms with E-state index in [2.05, 4.69) is 10.3 Å². The maximum atomic E-state index is 11.5. The van der Waals surface area contributed by atoms with Gasteiger partial charge in [-0.2, -0.15) is 5.26 Å². The lowest BCUT2D eigenvalue weighted by Gasteiger charge is -2.33. The zero-order valence-electron chi connectivity index (χ0n) is 10.7. The van der Waals surface area contributed by atoms with Gasteiger partial charge in [-0.1, -0.05) is 19.3 Å². The number of aliphatic carboxylic acids is 1. The first kappa shape index (κ1) is 13.3. The zero-order valence-corrected chi connectivity index (χ0v) is 10.7. The van der Waals surface area contributed by atoms with E-state index in [4.69, 9.17) is 5.26 Å². The van der Waals surface area contributed by atoms with E-state index in [1.165, 1.54) is 0 Å². The first-order valence-corrected chi connectivity index (χ1v) is 6.50. The molecular weight excluding hydrogens is 242 g/mol. The van der Waals surface area contributed by atoms with Gasteiger partial charge in [-0.3, -0.25) is 4.79 Å². The number of nitrogens with one attached hydrogen (secondary N) is 1. The van der Waals surface area contributed by atoms with Gasteiger partial charge < -0.3 is 10.4 Å². The lowest BCUT2D eigenvalue weighted by Crippen LogP contribution is -2.39. The van der Waals surface area contributed by atoms with Crippen molar-refractivity contribution in [2.75, 3.05) is 11.9 Å². The molecule has 1 aromatic heterocycles. The van der Waals surface area contributed by atoms with Crippen LogP contribution in [0.3, 0.4) is 0 Å². The van der Waals surface area contributed by atoms with Crippen LogP contribution in [0.25, 0.3) is 0 Å². The molecule has 2 rings (SSSR count). The molecule has 2 N–H and O–H groups in total. The molecule has 19 heavy (non-hydrogen) atoms. The van der Waals surface area contributed by atoms with Crippen molar-refractivity contribution in [2.24, 2.45) is 5.41 Å². The van der Waals surface area contributed by atoms with Gasteiger partial charge in [-0.15, -0.1) is 0 Å². The minimum atomic E-state index is -0.728. The van der Waals surface area contributed by atoms with Gasteiger partial charge in [0.2, 0.25) is 0 Å². The summed E-state index contributed by atoms with van der Waals surface area (Å²) in [6.45, 7) is 0.400. The van der Waals surface area contributed by atoms with Crippen LogP contribution in [-0.2, 0) is 4.79 Å². The number of aromatic nitrogens is 1. The Morgan fingerprint density at radius 2 is 2.21 bits per heavy atom. The second-order valence-corrected chi connectivity index (χ2v) is 5.04. The molecule has 0 bridgehead atoms. The molecule has 5 nitrogen and oxygen atoms in total.